The average Bonchev–Trinajstić information content (AvgIpc) is 2.92. The number of anilines is 2. The van der Waals surface area contributed by atoms with Crippen molar-refractivity contribution < 1.29 is 14.3 Å². The molecule has 2 aliphatic rings. The smallest absolute Gasteiger partial charge is 0.252 e. The van der Waals surface area contributed by atoms with E-state index in [0.29, 0.717) is 22.9 Å². The van der Waals surface area contributed by atoms with E-state index >= 15 is 0 Å². The van der Waals surface area contributed by atoms with Crippen molar-refractivity contribution in [3.63, 3.8) is 0 Å². The van der Waals surface area contributed by atoms with Gasteiger partial charge in [0.05, 0.1) is 19.0 Å². The predicted molar refractivity (Wildman–Crippen MR) is 148 cm³/mol. The van der Waals surface area contributed by atoms with Crippen LogP contribution in [0.2, 0.25) is 0 Å². The minimum absolute atomic E-state index is 0.0525. The number of nitrogens with one attached hydrogen (secondary N) is 3. The van der Waals surface area contributed by atoms with Gasteiger partial charge in [-0.3, -0.25) is 9.69 Å². The van der Waals surface area contributed by atoms with Gasteiger partial charge in [-0.15, -0.1) is 0 Å². The Hall–Kier alpha value is -2.95. The maximum Gasteiger partial charge on any atom is 0.252 e. The number of carbonyl (C=O) groups is 1. The number of aromatic nitrogens is 2. The van der Waals surface area contributed by atoms with Crippen molar-refractivity contribution in [3.8, 4) is 11.5 Å². The first kappa shape index (κ1) is 25.7. The third-order valence-corrected chi connectivity index (χ3v) is 7.71. The normalized spacial score (nSPS) is 18.9. The summed E-state index contributed by atoms with van der Waals surface area (Å²) in [7, 11) is 3.63. The van der Waals surface area contributed by atoms with Crippen molar-refractivity contribution in [2.75, 3.05) is 39.1 Å². The number of amides is 1. The highest BCUT2D eigenvalue weighted by molar-refractivity contribution is 9.10. The molecule has 2 aliphatic heterocycles. The van der Waals surface area contributed by atoms with Gasteiger partial charge in [0.2, 0.25) is 5.95 Å². The lowest BCUT2D eigenvalue weighted by molar-refractivity contribution is 0.0829. The van der Waals surface area contributed by atoms with Crippen LogP contribution in [-0.4, -0.2) is 66.8 Å². The SMILES string of the molecule is COc1cc(C(=O)NC2CCCCN2C)ccc1Nc1ncc2c(Br)ccc(OC3CCNCC3)c2n1. The van der Waals surface area contributed by atoms with E-state index in [1.807, 2.05) is 25.2 Å². The molecule has 0 radical (unpaired) electrons. The van der Waals surface area contributed by atoms with Crippen LogP contribution in [0.25, 0.3) is 10.9 Å². The van der Waals surface area contributed by atoms with Crippen LogP contribution in [0.3, 0.4) is 0 Å². The topological polar surface area (TPSA) is 101 Å². The third-order valence-electron chi connectivity index (χ3n) is 7.02. The Balaban J connectivity index is 1.36. The number of nitrogens with zero attached hydrogens (tertiary/aromatic N) is 3. The van der Waals surface area contributed by atoms with Gasteiger partial charge in [-0.1, -0.05) is 15.9 Å². The Kier molecular flexibility index (Phi) is 8.07. The van der Waals surface area contributed by atoms with E-state index in [9.17, 15) is 4.79 Å². The number of hydrogen-bond acceptors (Lipinski definition) is 8. The minimum atomic E-state index is -0.116. The van der Waals surface area contributed by atoms with Gasteiger partial charge < -0.3 is 25.4 Å². The number of fused-ring (bicyclic) bond motifs is 1. The van der Waals surface area contributed by atoms with Gasteiger partial charge in [0, 0.05) is 21.6 Å². The number of carbonyl (C=O) groups excluding carboxylic acids is 1. The molecule has 10 heteroatoms. The quantitative estimate of drug-likeness (QED) is 0.384. The number of likely N-dealkylation sites (tertiary alicyclic amines) is 1. The second kappa shape index (κ2) is 11.6. The van der Waals surface area contributed by atoms with Crippen LogP contribution in [0.4, 0.5) is 11.6 Å². The van der Waals surface area contributed by atoms with Crippen molar-refractivity contribution in [1.82, 2.24) is 25.5 Å². The summed E-state index contributed by atoms with van der Waals surface area (Å²) < 4.78 is 12.8. The number of rotatable bonds is 7. The molecule has 1 aromatic heterocycles. The standard InChI is InChI=1S/C27H33BrN6O3/c1-34-14-4-3-5-24(34)32-26(35)17-6-8-21(23(15-17)36-2)31-27-30-16-19-20(28)7-9-22(25(19)33-27)37-18-10-12-29-13-11-18/h6-9,15-16,18,24,29H,3-5,10-14H2,1-2H3,(H,32,35)(H,30,31,33). The van der Waals surface area contributed by atoms with Crippen LogP contribution in [0.5, 0.6) is 11.5 Å². The molecule has 1 amide bonds. The summed E-state index contributed by atoms with van der Waals surface area (Å²) in [6.45, 7) is 2.89. The molecule has 1 unspecified atom stereocenters. The zero-order chi connectivity index (χ0) is 25.8. The second-order valence-electron chi connectivity index (χ2n) is 9.57. The van der Waals surface area contributed by atoms with E-state index in [1.165, 1.54) is 0 Å². The summed E-state index contributed by atoms with van der Waals surface area (Å²) in [5, 5.41) is 10.6. The molecule has 2 fully saturated rings. The zero-order valence-electron chi connectivity index (χ0n) is 21.2. The molecule has 196 valence electrons. The molecular weight excluding hydrogens is 536 g/mol. The van der Waals surface area contributed by atoms with Gasteiger partial charge in [0.15, 0.2) is 0 Å². The van der Waals surface area contributed by atoms with Crippen molar-refractivity contribution >= 4 is 44.4 Å². The summed E-state index contributed by atoms with van der Waals surface area (Å²) >= 11 is 3.60. The first-order valence-corrected chi connectivity index (χ1v) is 13.6. The van der Waals surface area contributed by atoms with Gasteiger partial charge >= 0.3 is 0 Å². The molecule has 2 saturated heterocycles. The fourth-order valence-electron chi connectivity index (χ4n) is 4.86. The molecule has 37 heavy (non-hydrogen) atoms. The highest BCUT2D eigenvalue weighted by atomic mass is 79.9. The van der Waals surface area contributed by atoms with Crippen LogP contribution in [-0.2, 0) is 0 Å². The minimum Gasteiger partial charge on any atom is -0.495 e. The number of halogens is 1. The highest BCUT2D eigenvalue weighted by Crippen LogP contribution is 2.33. The summed E-state index contributed by atoms with van der Waals surface area (Å²) in [5.74, 6) is 1.58. The Morgan fingerprint density at radius 2 is 1.97 bits per heavy atom. The lowest BCUT2D eigenvalue weighted by atomic mass is 10.1. The van der Waals surface area contributed by atoms with Crippen LogP contribution in [0.15, 0.2) is 41.0 Å². The summed E-state index contributed by atoms with van der Waals surface area (Å²) in [5.41, 5.74) is 1.95. The Labute approximate surface area is 225 Å². The summed E-state index contributed by atoms with van der Waals surface area (Å²) in [6, 6.07) is 9.26. The lowest BCUT2D eigenvalue weighted by Crippen LogP contribution is -2.48. The Morgan fingerprint density at radius 1 is 1.14 bits per heavy atom. The molecule has 1 atom stereocenters. The van der Waals surface area contributed by atoms with E-state index in [1.54, 1.807) is 25.4 Å². The van der Waals surface area contributed by atoms with E-state index in [2.05, 4.69) is 41.8 Å². The average molecular weight is 570 g/mol. The van der Waals surface area contributed by atoms with Crippen molar-refractivity contribution in [2.24, 2.45) is 0 Å². The fourth-order valence-corrected chi connectivity index (χ4v) is 5.28. The van der Waals surface area contributed by atoms with Crippen LogP contribution in [0.1, 0.15) is 42.5 Å². The lowest BCUT2D eigenvalue weighted by Gasteiger charge is -2.32. The Bertz CT molecular complexity index is 1270. The molecule has 3 aromatic rings. The number of hydrogen-bond donors (Lipinski definition) is 3. The predicted octanol–water partition coefficient (Wildman–Crippen LogP) is 4.45. The van der Waals surface area contributed by atoms with Gasteiger partial charge in [0.1, 0.15) is 23.1 Å². The van der Waals surface area contributed by atoms with E-state index in [0.717, 1.165) is 72.9 Å². The maximum atomic E-state index is 12.9. The molecule has 9 nitrogen and oxygen atoms in total. The molecule has 0 bridgehead atoms. The molecule has 0 saturated carbocycles. The molecule has 0 aliphatic carbocycles. The maximum absolute atomic E-state index is 12.9. The van der Waals surface area contributed by atoms with Crippen molar-refractivity contribution in [1.29, 1.82) is 0 Å². The number of ether oxygens (including phenoxy) is 2. The zero-order valence-corrected chi connectivity index (χ0v) is 22.8. The first-order chi connectivity index (χ1) is 18.0. The van der Waals surface area contributed by atoms with Gasteiger partial charge in [-0.05, 0) is 89.1 Å². The largest absolute Gasteiger partial charge is 0.495 e. The third kappa shape index (κ3) is 5.97. The number of benzene rings is 2. The summed E-state index contributed by atoms with van der Waals surface area (Å²) in [4.78, 5) is 24.4. The fraction of sp³-hybridized carbons (Fsp3) is 0.444. The van der Waals surface area contributed by atoms with Gasteiger partial charge in [-0.2, -0.15) is 0 Å². The molecule has 0 spiro atoms. The van der Waals surface area contributed by atoms with Crippen molar-refractivity contribution in [3.05, 3.63) is 46.6 Å². The first-order valence-electron chi connectivity index (χ1n) is 12.8. The van der Waals surface area contributed by atoms with E-state index in [-0.39, 0.29) is 18.2 Å². The highest BCUT2D eigenvalue weighted by Gasteiger charge is 2.22. The molecule has 5 rings (SSSR count). The van der Waals surface area contributed by atoms with E-state index in [4.69, 9.17) is 14.5 Å². The molecule has 2 aromatic carbocycles. The molecule has 3 heterocycles. The molecule has 3 N–H and O–H groups in total. The summed E-state index contributed by atoms with van der Waals surface area (Å²) in [6.07, 6.45) is 7.15. The van der Waals surface area contributed by atoms with Gasteiger partial charge in [0.25, 0.3) is 5.91 Å². The second-order valence-corrected chi connectivity index (χ2v) is 10.4. The van der Waals surface area contributed by atoms with E-state index < -0.39 is 0 Å². The van der Waals surface area contributed by atoms with Crippen LogP contribution in [0, 0.1) is 0 Å². The van der Waals surface area contributed by atoms with Crippen LogP contribution >= 0.6 is 15.9 Å². The number of piperidine rings is 2. The number of methoxy groups -OCH3 is 1. The Morgan fingerprint density at radius 3 is 2.76 bits per heavy atom. The van der Waals surface area contributed by atoms with Crippen molar-refractivity contribution in [2.45, 2.75) is 44.4 Å². The van der Waals surface area contributed by atoms with Gasteiger partial charge in [-0.25, -0.2) is 9.97 Å². The molecular formula is C27H33BrN6O3. The monoisotopic (exact) mass is 568 g/mol. The van der Waals surface area contributed by atoms with Crippen LogP contribution < -0.4 is 25.4 Å².